The fourth-order valence-corrected chi connectivity index (χ4v) is 2.95. The first-order valence-corrected chi connectivity index (χ1v) is 7.34. The van der Waals surface area contributed by atoms with Gasteiger partial charge in [-0.2, -0.15) is 0 Å². The largest absolute Gasteiger partial charge is 0.469 e. The van der Waals surface area contributed by atoms with Crippen LogP contribution in [-0.2, 0) is 7.05 Å². The van der Waals surface area contributed by atoms with Gasteiger partial charge in [0.05, 0.1) is 27.7 Å². The van der Waals surface area contributed by atoms with Gasteiger partial charge < -0.3 is 8.98 Å². The number of nitrogens with zero attached hydrogens (tertiary/aromatic N) is 4. The summed E-state index contributed by atoms with van der Waals surface area (Å²) in [6.45, 7) is 1.81. The van der Waals surface area contributed by atoms with Crippen molar-refractivity contribution >= 4 is 17.4 Å². The van der Waals surface area contributed by atoms with Gasteiger partial charge in [-0.1, -0.05) is 0 Å². The Hall–Kier alpha value is -2.68. The van der Waals surface area contributed by atoms with E-state index in [0.717, 1.165) is 23.4 Å². The Morgan fingerprint density at radius 1 is 1.35 bits per heavy atom. The van der Waals surface area contributed by atoms with Crippen LogP contribution in [0.2, 0.25) is 0 Å². The van der Waals surface area contributed by atoms with Crippen LogP contribution < -0.4 is 0 Å². The lowest BCUT2D eigenvalue weighted by Gasteiger charge is -2.04. The van der Waals surface area contributed by atoms with Crippen molar-refractivity contribution in [3.63, 3.8) is 0 Å². The lowest BCUT2D eigenvalue weighted by Crippen LogP contribution is -1.96. The first-order valence-electron chi connectivity index (χ1n) is 6.53. The summed E-state index contributed by atoms with van der Waals surface area (Å²) in [5.41, 5.74) is 0.486. The minimum atomic E-state index is -0.659. The molecule has 0 aliphatic heterocycles. The monoisotopic (exact) mass is 334 g/mol. The SMILES string of the molecule is Cc1occc1-c1nnc(Sc2ccc(F)cc2[N+](=O)[O-])n1C. The highest BCUT2D eigenvalue weighted by Gasteiger charge is 2.20. The Balaban J connectivity index is 1.98. The highest BCUT2D eigenvalue weighted by Crippen LogP contribution is 2.35. The van der Waals surface area contributed by atoms with Gasteiger partial charge in [0, 0.05) is 7.05 Å². The maximum Gasteiger partial charge on any atom is 0.286 e. The molecule has 0 aliphatic rings. The van der Waals surface area contributed by atoms with Crippen LogP contribution in [0.3, 0.4) is 0 Å². The van der Waals surface area contributed by atoms with Gasteiger partial charge in [-0.05, 0) is 36.9 Å². The van der Waals surface area contributed by atoms with E-state index in [9.17, 15) is 14.5 Å². The minimum Gasteiger partial charge on any atom is -0.469 e. The van der Waals surface area contributed by atoms with Crippen LogP contribution in [0.25, 0.3) is 11.4 Å². The Bertz CT molecular complexity index is 890. The molecule has 0 amide bonds. The quantitative estimate of drug-likeness (QED) is 0.535. The average molecular weight is 334 g/mol. The van der Waals surface area contributed by atoms with E-state index in [1.807, 2.05) is 6.92 Å². The first-order chi connectivity index (χ1) is 11.0. The van der Waals surface area contributed by atoms with Crippen molar-refractivity contribution in [3.8, 4) is 11.4 Å². The summed E-state index contributed by atoms with van der Waals surface area (Å²) in [5, 5.41) is 19.7. The van der Waals surface area contributed by atoms with Gasteiger partial charge in [0.2, 0.25) is 0 Å². The summed E-state index contributed by atoms with van der Waals surface area (Å²) in [5.74, 6) is 0.627. The number of hydrogen-bond acceptors (Lipinski definition) is 6. The standard InChI is InChI=1S/C14H11FN4O3S/c1-8-10(5-6-22-8)13-16-17-14(18(13)2)23-12-4-3-9(15)7-11(12)19(20)21/h3-7H,1-2H3. The zero-order chi connectivity index (χ0) is 16.6. The fraction of sp³-hybridized carbons (Fsp3) is 0.143. The van der Waals surface area contributed by atoms with Gasteiger partial charge in [0.1, 0.15) is 11.6 Å². The molecular formula is C14H11FN4O3S. The van der Waals surface area contributed by atoms with Gasteiger partial charge >= 0.3 is 0 Å². The molecule has 0 atom stereocenters. The first kappa shape index (κ1) is 15.2. The van der Waals surface area contributed by atoms with Crippen LogP contribution in [0.5, 0.6) is 0 Å². The molecule has 0 saturated carbocycles. The second-order valence-corrected chi connectivity index (χ2v) is 5.74. The van der Waals surface area contributed by atoms with Gasteiger partial charge in [-0.25, -0.2) is 4.39 Å². The topological polar surface area (TPSA) is 87.0 Å². The number of hydrogen-bond donors (Lipinski definition) is 0. The average Bonchev–Trinajstić information content (AvgIpc) is 3.07. The third kappa shape index (κ3) is 2.82. The van der Waals surface area contributed by atoms with Crippen molar-refractivity contribution < 1.29 is 13.7 Å². The van der Waals surface area contributed by atoms with Crippen molar-refractivity contribution in [2.45, 2.75) is 17.0 Å². The number of benzene rings is 1. The Morgan fingerprint density at radius 3 is 2.78 bits per heavy atom. The predicted molar refractivity (Wildman–Crippen MR) is 80.6 cm³/mol. The minimum absolute atomic E-state index is 0.294. The molecule has 0 bridgehead atoms. The molecule has 1 aromatic carbocycles. The summed E-state index contributed by atoms with van der Waals surface area (Å²) in [4.78, 5) is 10.7. The van der Waals surface area contributed by atoms with E-state index in [2.05, 4.69) is 10.2 Å². The van der Waals surface area contributed by atoms with Crippen molar-refractivity contribution in [3.05, 3.63) is 52.2 Å². The Morgan fingerprint density at radius 2 is 2.13 bits per heavy atom. The van der Waals surface area contributed by atoms with Gasteiger partial charge in [-0.3, -0.25) is 10.1 Å². The molecule has 0 radical (unpaired) electrons. The molecule has 0 fully saturated rings. The molecule has 7 nitrogen and oxygen atoms in total. The van der Waals surface area contributed by atoms with E-state index in [-0.39, 0.29) is 5.69 Å². The molecule has 23 heavy (non-hydrogen) atoms. The second kappa shape index (κ2) is 5.84. The van der Waals surface area contributed by atoms with Crippen LogP contribution in [0, 0.1) is 22.9 Å². The highest BCUT2D eigenvalue weighted by atomic mass is 32.2. The lowest BCUT2D eigenvalue weighted by atomic mass is 10.2. The maximum atomic E-state index is 13.2. The number of nitro benzene ring substituents is 1. The molecule has 0 N–H and O–H groups in total. The van der Waals surface area contributed by atoms with Crippen LogP contribution in [0.4, 0.5) is 10.1 Å². The van der Waals surface area contributed by atoms with Crippen LogP contribution in [-0.4, -0.2) is 19.7 Å². The lowest BCUT2D eigenvalue weighted by molar-refractivity contribution is -0.387. The molecule has 0 saturated heterocycles. The van der Waals surface area contributed by atoms with Crippen molar-refractivity contribution in [2.75, 3.05) is 0 Å². The van der Waals surface area contributed by atoms with E-state index in [0.29, 0.717) is 21.6 Å². The van der Waals surface area contributed by atoms with Crippen molar-refractivity contribution in [1.82, 2.24) is 14.8 Å². The predicted octanol–water partition coefficient (Wildman–Crippen LogP) is 3.58. The molecule has 0 aliphatic carbocycles. The summed E-state index contributed by atoms with van der Waals surface area (Å²) >= 11 is 1.05. The number of rotatable bonds is 4. The summed E-state index contributed by atoms with van der Waals surface area (Å²) in [6, 6.07) is 5.19. The van der Waals surface area contributed by atoms with E-state index >= 15 is 0 Å². The number of furan rings is 1. The molecule has 0 spiro atoms. The maximum absolute atomic E-state index is 13.2. The van der Waals surface area contributed by atoms with Crippen molar-refractivity contribution in [2.24, 2.45) is 7.05 Å². The summed E-state index contributed by atoms with van der Waals surface area (Å²) in [6.07, 6.45) is 1.55. The number of halogens is 1. The normalized spacial score (nSPS) is 10.9. The molecule has 9 heteroatoms. The highest BCUT2D eigenvalue weighted by molar-refractivity contribution is 7.99. The zero-order valence-electron chi connectivity index (χ0n) is 12.2. The number of aryl methyl sites for hydroxylation is 1. The van der Waals surface area contributed by atoms with Gasteiger partial charge in [0.15, 0.2) is 11.0 Å². The molecule has 118 valence electrons. The Labute approximate surface area is 134 Å². The summed E-state index contributed by atoms with van der Waals surface area (Å²) < 4.78 is 20.2. The number of aromatic nitrogens is 3. The smallest absolute Gasteiger partial charge is 0.286 e. The van der Waals surface area contributed by atoms with Gasteiger partial charge in [0.25, 0.3) is 5.69 Å². The third-order valence-corrected chi connectivity index (χ3v) is 4.36. The van der Waals surface area contributed by atoms with Crippen LogP contribution in [0.1, 0.15) is 5.76 Å². The van der Waals surface area contributed by atoms with E-state index in [4.69, 9.17) is 4.42 Å². The Kier molecular flexibility index (Phi) is 3.87. The fourth-order valence-electron chi connectivity index (χ4n) is 2.07. The molecule has 0 unspecified atom stereocenters. The number of nitro groups is 1. The molecule has 2 aromatic heterocycles. The molecule has 3 rings (SSSR count). The van der Waals surface area contributed by atoms with Crippen molar-refractivity contribution in [1.29, 1.82) is 0 Å². The van der Waals surface area contributed by atoms with Crippen LogP contribution in [0.15, 0.2) is 45.0 Å². The van der Waals surface area contributed by atoms with E-state index in [1.54, 1.807) is 23.9 Å². The second-order valence-electron chi connectivity index (χ2n) is 4.73. The molecule has 2 heterocycles. The zero-order valence-corrected chi connectivity index (χ0v) is 13.0. The van der Waals surface area contributed by atoms with Crippen LogP contribution >= 0.6 is 11.8 Å². The molecular weight excluding hydrogens is 323 g/mol. The van der Waals surface area contributed by atoms with E-state index < -0.39 is 10.7 Å². The van der Waals surface area contributed by atoms with E-state index in [1.165, 1.54) is 12.1 Å². The van der Waals surface area contributed by atoms with Gasteiger partial charge in [-0.15, -0.1) is 10.2 Å². The summed E-state index contributed by atoms with van der Waals surface area (Å²) in [7, 11) is 1.75. The molecule has 3 aromatic rings. The third-order valence-electron chi connectivity index (χ3n) is 3.25.